The Hall–Kier alpha value is -3.42. The summed E-state index contributed by atoms with van der Waals surface area (Å²) in [7, 11) is 1.59. The third kappa shape index (κ3) is 4.90. The minimum Gasteiger partial charge on any atom is -0.497 e. The van der Waals surface area contributed by atoms with Gasteiger partial charge in [0.15, 0.2) is 0 Å². The van der Waals surface area contributed by atoms with Gasteiger partial charge < -0.3 is 14.5 Å². The van der Waals surface area contributed by atoms with Crippen molar-refractivity contribution in [3.05, 3.63) is 70.5 Å². The van der Waals surface area contributed by atoms with Crippen LogP contribution >= 0.6 is 0 Å². The van der Waals surface area contributed by atoms with Crippen molar-refractivity contribution < 1.29 is 18.3 Å². The summed E-state index contributed by atoms with van der Waals surface area (Å²) in [4.78, 5) is 24.6. The summed E-state index contributed by atoms with van der Waals surface area (Å²) in [6.07, 6.45) is 0. The lowest BCUT2D eigenvalue weighted by Gasteiger charge is -2.23. The van der Waals surface area contributed by atoms with Gasteiger partial charge in [-0.15, -0.1) is 5.10 Å². The quantitative estimate of drug-likeness (QED) is 0.660. The summed E-state index contributed by atoms with van der Waals surface area (Å²) in [5, 5.41) is 6.97. The average molecular weight is 399 g/mol. The lowest BCUT2D eigenvalue weighted by Crippen LogP contribution is -2.36. The first-order valence-corrected chi connectivity index (χ1v) is 9.14. The van der Waals surface area contributed by atoms with Crippen LogP contribution in [0.2, 0.25) is 0 Å². The molecule has 0 radical (unpaired) electrons. The molecule has 0 aliphatic carbocycles. The number of ether oxygens (including phenoxy) is 1. The maximum atomic E-state index is 13.0. The Balaban J connectivity index is 1.73. The van der Waals surface area contributed by atoms with Crippen LogP contribution in [0.15, 0.2) is 57.7 Å². The van der Waals surface area contributed by atoms with Gasteiger partial charge in [-0.2, -0.15) is 4.68 Å². The van der Waals surface area contributed by atoms with Gasteiger partial charge in [0.1, 0.15) is 18.1 Å². The molecule has 1 N–H and O–H groups in total. The molecule has 0 saturated heterocycles. The van der Waals surface area contributed by atoms with E-state index in [4.69, 9.17) is 9.15 Å². The second-order valence-electron chi connectivity index (χ2n) is 6.90. The smallest absolute Gasteiger partial charge is 0.437 e. The number of hydrogen-bond donors (Lipinski definition) is 1. The molecule has 0 fully saturated rings. The van der Waals surface area contributed by atoms with Gasteiger partial charge >= 0.3 is 5.76 Å². The Morgan fingerprint density at radius 2 is 1.83 bits per heavy atom. The van der Waals surface area contributed by atoms with Crippen molar-refractivity contribution in [3.8, 4) is 17.2 Å². The Morgan fingerprint density at radius 3 is 2.41 bits per heavy atom. The molecule has 2 aromatic carbocycles. The molecule has 0 spiro atoms. The van der Waals surface area contributed by atoms with Crippen molar-refractivity contribution in [2.45, 2.75) is 26.4 Å². The van der Waals surface area contributed by atoms with E-state index in [1.807, 2.05) is 38.1 Å². The molecule has 1 amide bonds. The Labute approximate surface area is 167 Å². The first kappa shape index (κ1) is 20.3. The second-order valence-corrected chi connectivity index (χ2v) is 6.90. The summed E-state index contributed by atoms with van der Waals surface area (Å²) in [5.41, 5.74) is 1.37. The van der Waals surface area contributed by atoms with Crippen LogP contribution in [0.3, 0.4) is 0 Å². The lowest BCUT2D eigenvalue weighted by molar-refractivity contribution is -0.123. The highest BCUT2D eigenvalue weighted by atomic mass is 19.1. The van der Waals surface area contributed by atoms with Gasteiger partial charge in [0.2, 0.25) is 11.8 Å². The highest BCUT2D eigenvalue weighted by Gasteiger charge is 2.20. The molecule has 0 bridgehead atoms. The fourth-order valence-corrected chi connectivity index (χ4v) is 2.92. The number of halogens is 1. The van der Waals surface area contributed by atoms with Gasteiger partial charge in [0.25, 0.3) is 0 Å². The van der Waals surface area contributed by atoms with Crippen LogP contribution in [0, 0.1) is 11.7 Å². The van der Waals surface area contributed by atoms with E-state index in [1.165, 1.54) is 24.3 Å². The van der Waals surface area contributed by atoms with Crippen LogP contribution < -0.4 is 15.8 Å². The number of methoxy groups -OCH3 is 1. The van der Waals surface area contributed by atoms with Gasteiger partial charge in [-0.3, -0.25) is 4.79 Å². The largest absolute Gasteiger partial charge is 0.497 e. The van der Waals surface area contributed by atoms with Crippen molar-refractivity contribution in [3.63, 3.8) is 0 Å². The fraction of sp³-hybridized carbons (Fsp3) is 0.286. The number of hydrogen-bond acceptors (Lipinski definition) is 5. The maximum Gasteiger partial charge on any atom is 0.437 e. The van der Waals surface area contributed by atoms with E-state index >= 15 is 0 Å². The summed E-state index contributed by atoms with van der Waals surface area (Å²) in [6, 6.07) is 12.6. The zero-order valence-corrected chi connectivity index (χ0v) is 16.4. The molecule has 29 heavy (non-hydrogen) atoms. The minimum absolute atomic E-state index is 0.0263. The molecule has 1 unspecified atom stereocenters. The molecular weight excluding hydrogens is 377 g/mol. The van der Waals surface area contributed by atoms with Crippen molar-refractivity contribution in [1.82, 2.24) is 15.1 Å². The number of nitrogens with zero attached hydrogens (tertiary/aromatic N) is 2. The molecule has 0 aliphatic rings. The van der Waals surface area contributed by atoms with Crippen molar-refractivity contribution >= 4 is 5.91 Å². The van der Waals surface area contributed by atoms with Crippen LogP contribution in [0.1, 0.15) is 25.5 Å². The fourth-order valence-electron chi connectivity index (χ4n) is 2.92. The van der Waals surface area contributed by atoms with E-state index in [9.17, 15) is 14.0 Å². The molecule has 152 valence electrons. The molecule has 1 heterocycles. The summed E-state index contributed by atoms with van der Waals surface area (Å²) >= 11 is 0. The lowest BCUT2D eigenvalue weighted by atomic mass is 9.96. The molecule has 1 atom stereocenters. The third-order valence-electron chi connectivity index (χ3n) is 4.45. The molecule has 0 aliphatic heterocycles. The van der Waals surface area contributed by atoms with Gasteiger partial charge in [0.05, 0.1) is 13.2 Å². The van der Waals surface area contributed by atoms with Crippen LogP contribution in [0.4, 0.5) is 4.39 Å². The van der Waals surface area contributed by atoms with Crippen LogP contribution in [0.5, 0.6) is 5.75 Å². The number of carbonyl (C=O) groups is 1. The van der Waals surface area contributed by atoms with Gasteiger partial charge in [-0.05, 0) is 47.9 Å². The second kappa shape index (κ2) is 8.72. The third-order valence-corrected chi connectivity index (χ3v) is 4.45. The zero-order valence-electron chi connectivity index (χ0n) is 16.4. The Kier molecular flexibility index (Phi) is 6.11. The molecule has 3 rings (SSSR count). The molecule has 0 saturated carbocycles. The van der Waals surface area contributed by atoms with Crippen LogP contribution in [-0.4, -0.2) is 22.8 Å². The number of benzene rings is 2. The first-order valence-electron chi connectivity index (χ1n) is 9.14. The van der Waals surface area contributed by atoms with Crippen LogP contribution in [0.25, 0.3) is 11.5 Å². The van der Waals surface area contributed by atoms with Crippen molar-refractivity contribution in [2.75, 3.05) is 7.11 Å². The predicted octanol–water partition coefficient (Wildman–Crippen LogP) is 3.16. The summed E-state index contributed by atoms with van der Waals surface area (Å²) in [5.74, 6) is -0.668. The predicted molar refractivity (Wildman–Crippen MR) is 105 cm³/mol. The Bertz CT molecular complexity index is 1020. The summed E-state index contributed by atoms with van der Waals surface area (Å²) in [6.45, 7) is 3.69. The highest BCUT2D eigenvalue weighted by molar-refractivity contribution is 5.76. The Morgan fingerprint density at radius 1 is 1.17 bits per heavy atom. The van der Waals surface area contributed by atoms with Gasteiger partial charge in [0, 0.05) is 5.56 Å². The first-order chi connectivity index (χ1) is 13.9. The average Bonchev–Trinajstić information content (AvgIpc) is 3.07. The number of aromatic nitrogens is 2. The van der Waals surface area contributed by atoms with E-state index in [0.29, 0.717) is 5.56 Å². The van der Waals surface area contributed by atoms with E-state index in [-0.39, 0.29) is 30.3 Å². The zero-order chi connectivity index (χ0) is 21.0. The topological polar surface area (TPSA) is 86.4 Å². The molecule has 3 aromatic rings. The molecule has 7 nitrogen and oxygen atoms in total. The summed E-state index contributed by atoms with van der Waals surface area (Å²) < 4.78 is 24.2. The number of carbonyl (C=O) groups excluding carboxylic acids is 1. The van der Waals surface area contributed by atoms with E-state index in [0.717, 1.165) is 16.0 Å². The SMILES string of the molecule is COc1ccc(C(NC(=O)Cn2nc(-c3ccc(F)cc3)oc2=O)C(C)C)cc1. The number of amides is 1. The standard InChI is InChI=1S/C21H22FN3O4/c1-13(2)19(14-6-10-17(28-3)11-7-14)23-18(26)12-25-21(27)29-20(24-25)15-4-8-16(22)9-5-15/h4-11,13,19H,12H2,1-3H3,(H,23,26). The molecule has 8 heteroatoms. The molecular formula is C21H22FN3O4. The maximum absolute atomic E-state index is 13.0. The van der Waals surface area contributed by atoms with Gasteiger partial charge in [-0.25, -0.2) is 9.18 Å². The highest BCUT2D eigenvalue weighted by Crippen LogP contribution is 2.24. The molecule has 1 aromatic heterocycles. The van der Waals surface area contributed by atoms with Crippen molar-refractivity contribution in [2.24, 2.45) is 5.92 Å². The number of rotatable bonds is 7. The van der Waals surface area contributed by atoms with E-state index in [2.05, 4.69) is 10.4 Å². The van der Waals surface area contributed by atoms with E-state index < -0.39 is 11.6 Å². The van der Waals surface area contributed by atoms with Crippen molar-refractivity contribution in [1.29, 1.82) is 0 Å². The number of nitrogens with one attached hydrogen (secondary N) is 1. The minimum atomic E-state index is -0.759. The van der Waals surface area contributed by atoms with E-state index in [1.54, 1.807) is 7.11 Å². The van der Waals surface area contributed by atoms with Crippen LogP contribution in [-0.2, 0) is 11.3 Å². The normalized spacial score (nSPS) is 12.0. The monoisotopic (exact) mass is 399 g/mol. The van der Waals surface area contributed by atoms with Gasteiger partial charge in [-0.1, -0.05) is 26.0 Å².